The van der Waals surface area contributed by atoms with E-state index in [9.17, 15) is 5.11 Å². The number of ether oxygens (including phenoxy) is 1. The predicted molar refractivity (Wildman–Crippen MR) is 73.3 cm³/mol. The van der Waals surface area contributed by atoms with Gasteiger partial charge in [-0.2, -0.15) is 0 Å². The third-order valence-corrected chi connectivity index (χ3v) is 3.47. The van der Waals surface area contributed by atoms with E-state index in [0.717, 1.165) is 18.4 Å². The monoisotopic (exact) mass is 244 g/mol. The largest absolute Gasteiger partial charge is 0.390 e. The summed E-state index contributed by atoms with van der Waals surface area (Å²) in [4.78, 5) is 0. The highest BCUT2D eigenvalue weighted by atomic mass is 16.5. The third-order valence-electron chi connectivity index (χ3n) is 3.47. The summed E-state index contributed by atoms with van der Waals surface area (Å²) in [6.45, 7) is 4.26. The second kappa shape index (κ2) is 5.98. The second-order valence-corrected chi connectivity index (χ2v) is 4.62. The number of aliphatic hydroxyl groups is 1. The summed E-state index contributed by atoms with van der Waals surface area (Å²) in [6, 6.07) is 10.00. The standard InChI is InChI=1S/C16H20O2/c1-2-3-11-15(17)16(12-7-8-13-18-16)14-9-5-4-6-10-14/h2,4-10,15,17H,1,3,11-13H2/t15-,16+/m1/s1. The van der Waals surface area contributed by atoms with Gasteiger partial charge in [-0.15, -0.1) is 6.58 Å². The molecule has 0 aliphatic carbocycles. The maximum Gasteiger partial charge on any atom is 0.123 e. The molecule has 0 saturated carbocycles. The molecular weight excluding hydrogens is 224 g/mol. The zero-order valence-electron chi connectivity index (χ0n) is 10.6. The Kier molecular flexibility index (Phi) is 4.34. The molecule has 0 unspecified atom stereocenters. The summed E-state index contributed by atoms with van der Waals surface area (Å²) in [6.07, 6.45) is 7.60. The van der Waals surface area contributed by atoms with Crippen LogP contribution < -0.4 is 0 Å². The topological polar surface area (TPSA) is 29.5 Å². The Balaban J connectivity index is 2.28. The molecule has 1 heterocycles. The average molecular weight is 244 g/mol. The molecule has 1 N–H and O–H groups in total. The minimum absolute atomic E-state index is 0.511. The molecule has 2 atom stereocenters. The van der Waals surface area contributed by atoms with Crippen molar-refractivity contribution in [3.63, 3.8) is 0 Å². The minimum atomic E-state index is -0.598. The summed E-state index contributed by atoms with van der Waals surface area (Å²) < 4.78 is 5.94. The van der Waals surface area contributed by atoms with Gasteiger partial charge in [0.25, 0.3) is 0 Å². The summed E-state index contributed by atoms with van der Waals surface area (Å²) >= 11 is 0. The maximum atomic E-state index is 10.5. The first kappa shape index (κ1) is 13.1. The fourth-order valence-corrected chi connectivity index (χ4v) is 2.44. The molecule has 0 radical (unpaired) electrons. The van der Waals surface area contributed by atoms with Crippen LogP contribution in [0.4, 0.5) is 0 Å². The molecule has 0 aromatic heterocycles. The van der Waals surface area contributed by atoms with E-state index in [0.29, 0.717) is 13.0 Å². The Hall–Kier alpha value is -1.38. The van der Waals surface area contributed by atoms with Gasteiger partial charge in [0.15, 0.2) is 0 Å². The van der Waals surface area contributed by atoms with Gasteiger partial charge in [-0.05, 0) is 18.4 Å². The zero-order valence-corrected chi connectivity index (χ0v) is 10.6. The van der Waals surface area contributed by atoms with E-state index in [1.165, 1.54) is 0 Å². The van der Waals surface area contributed by atoms with Gasteiger partial charge in [-0.25, -0.2) is 0 Å². The van der Waals surface area contributed by atoms with Crippen molar-refractivity contribution in [3.8, 4) is 0 Å². The van der Waals surface area contributed by atoms with Gasteiger partial charge in [0.2, 0.25) is 0 Å². The lowest BCUT2D eigenvalue weighted by atomic mass is 9.82. The Labute approximate surface area is 109 Å². The van der Waals surface area contributed by atoms with E-state index in [2.05, 4.69) is 12.7 Å². The minimum Gasteiger partial charge on any atom is -0.390 e. The highest BCUT2D eigenvalue weighted by Crippen LogP contribution is 2.37. The van der Waals surface area contributed by atoms with E-state index in [1.807, 2.05) is 42.5 Å². The fourth-order valence-electron chi connectivity index (χ4n) is 2.44. The molecule has 96 valence electrons. The van der Waals surface area contributed by atoms with Crippen molar-refractivity contribution in [2.45, 2.75) is 31.0 Å². The molecule has 1 aliphatic heterocycles. The van der Waals surface area contributed by atoms with Gasteiger partial charge < -0.3 is 9.84 Å². The summed E-state index contributed by atoms with van der Waals surface area (Å²) in [5.41, 5.74) is 0.449. The van der Waals surface area contributed by atoms with E-state index >= 15 is 0 Å². The number of rotatable bonds is 5. The van der Waals surface area contributed by atoms with Crippen molar-refractivity contribution in [1.82, 2.24) is 0 Å². The van der Waals surface area contributed by atoms with Crippen molar-refractivity contribution >= 4 is 0 Å². The van der Waals surface area contributed by atoms with Crippen molar-refractivity contribution < 1.29 is 9.84 Å². The van der Waals surface area contributed by atoms with Crippen molar-refractivity contribution in [2.24, 2.45) is 0 Å². The molecule has 1 aromatic rings. The zero-order chi connectivity index (χ0) is 12.8. The molecule has 0 spiro atoms. The van der Waals surface area contributed by atoms with Crippen LogP contribution in [0.15, 0.2) is 55.1 Å². The van der Waals surface area contributed by atoms with Crippen LogP contribution >= 0.6 is 0 Å². The first-order valence-electron chi connectivity index (χ1n) is 6.43. The van der Waals surface area contributed by atoms with Gasteiger partial charge in [0.05, 0.1) is 12.7 Å². The number of hydrogen-bond acceptors (Lipinski definition) is 2. The number of hydrogen-bond donors (Lipinski definition) is 1. The van der Waals surface area contributed by atoms with Crippen LogP contribution in [0.25, 0.3) is 0 Å². The van der Waals surface area contributed by atoms with Gasteiger partial charge in [0.1, 0.15) is 5.60 Å². The summed E-state index contributed by atoms with van der Waals surface area (Å²) in [5, 5.41) is 10.5. The van der Waals surface area contributed by atoms with Crippen LogP contribution in [0, 0.1) is 0 Å². The normalized spacial score (nSPS) is 24.7. The van der Waals surface area contributed by atoms with Crippen LogP contribution in [0.1, 0.15) is 24.8 Å². The fraction of sp³-hybridized carbons (Fsp3) is 0.375. The Morgan fingerprint density at radius 1 is 1.33 bits per heavy atom. The lowest BCUT2D eigenvalue weighted by molar-refractivity contribution is -0.127. The molecule has 0 saturated heterocycles. The Morgan fingerprint density at radius 3 is 2.72 bits per heavy atom. The summed E-state index contributed by atoms with van der Waals surface area (Å²) in [7, 11) is 0. The molecule has 0 bridgehead atoms. The van der Waals surface area contributed by atoms with Crippen molar-refractivity contribution in [3.05, 3.63) is 60.7 Å². The third kappa shape index (κ3) is 2.55. The summed E-state index contributed by atoms with van der Waals surface area (Å²) in [5.74, 6) is 0. The smallest absolute Gasteiger partial charge is 0.123 e. The van der Waals surface area contributed by atoms with Gasteiger partial charge in [-0.1, -0.05) is 48.6 Å². The Bertz CT molecular complexity index is 410. The van der Waals surface area contributed by atoms with Gasteiger partial charge in [0, 0.05) is 6.42 Å². The van der Waals surface area contributed by atoms with E-state index in [1.54, 1.807) is 0 Å². The molecule has 18 heavy (non-hydrogen) atoms. The second-order valence-electron chi connectivity index (χ2n) is 4.62. The molecule has 0 fully saturated rings. The van der Waals surface area contributed by atoms with Crippen molar-refractivity contribution in [2.75, 3.05) is 6.61 Å². The average Bonchev–Trinajstić information content (AvgIpc) is 2.46. The van der Waals surface area contributed by atoms with Crippen molar-refractivity contribution in [1.29, 1.82) is 0 Å². The SMILES string of the molecule is C=CCC[C@@H](O)[C@@]1(c2ccccc2)CC=CCO1. The van der Waals surface area contributed by atoms with Crippen LogP contribution in [0.3, 0.4) is 0 Å². The first-order chi connectivity index (χ1) is 8.79. The lowest BCUT2D eigenvalue weighted by Gasteiger charge is -2.39. The number of benzene rings is 1. The molecule has 2 rings (SSSR count). The number of aliphatic hydroxyl groups excluding tert-OH is 1. The first-order valence-corrected chi connectivity index (χ1v) is 6.43. The predicted octanol–water partition coefficient (Wildman–Crippen LogP) is 3.19. The lowest BCUT2D eigenvalue weighted by Crippen LogP contribution is -2.43. The van der Waals surface area contributed by atoms with Gasteiger partial charge in [-0.3, -0.25) is 0 Å². The molecule has 0 amide bonds. The van der Waals surface area contributed by atoms with E-state index < -0.39 is 11.7 Å². The molecule has 1 aromatic carbocycles. The van der Waals surface area contributed by atoms with Crippen LogP contribution in [-0.4, -0.2) is 17.8 Å². The molecule has 2 nitrogen and oxygen atoms in total. The highest BCUT2D eigenvalue weighted by molar-refractivity contribution is 5.26. The van der Waals surface area contributed by atoms with E-state index in [-0.39, 0.29) is 0 Å². The molecule has 2 heteroatoms. The number of allylic oxidation sites excluding steroid dienone is 1. The molecule has 1 aliphatic rings. The van der Waals surface area contributed by atoms with Crippen LogP contribution in [-0.2, 0) is 10.3 Å². The van der Waals surface area contributed by atoms with Crippen LogP contribution in [0.2, 0.25) is 0 Å². The quantitative estimate of drug-likeness (QED) is 0.806. The van der Waals surface area contributed by atoms with Gasteiger partial charge >= 0.3 is 0 Å². The van der Waals surface area contributed by atoms with Crippen LogP contribution in [0.5, 0.6) is 0 Å². The highest BCUT2D eigenvalue weighted by Gasteiger charge is 2.40. The maximum absolute atomic E-state index is 10.5. The Morgan fingerprint density at radius 2 is 2.11 bits per heavy atom. The molecular formula is C16H20O2. The van der Waals surface area contributed by atoms with E-state index in [4.69, 9.17) is 4.74 Å².